The van der Waals surface area contributed by atoms with Gasteiger partial charge in [0, 0.05) is 18.6 Å². The molecular formula is C16H21NO3. The predicted molar refractivity (Wildman–Crippen MR) is 77.5 cm³/mol. The molecular weight excluding hydrogens is 254 g/mol. The zero-order valence-electron chi connectivity index (χ0n) is 11.9. The molecule has 2 N–H and O–H groups in total. The van der Waals surface area contributed by atoms with Crippen LogP contribution in [-0.2, 0) is 4.79 Å². The molecule has 0 heterocycles. The van der Waals surface area contributed by atoms with Gasteiger partial charge in [-0.05, 0) is 32.4 Å². The van der Waals surface area contributed by atoms with E-state index in [1.54, 1.807) is 6.92 Å². The lowest BCUT2D eigenvalue weighted by atomic mass is 10.1. The first-order valence-electron chi connectivity index (χ1n) is 6.91. The second-order valence-corrected chi connectivity index (χ2v) is 5.25. The van der Waals surface area contributed by atoms with Gasteiger partial charge < -0.3 is 15.2 Å². The van der Waals surface area contributed by atoms with Crippen molar-refractivity contribution in [2.75, 3.05) is 6.61 Å². The van der Waals surface area contributed by atoms with Crippen molar-refractivity contribution in [1.82, 2.24) is 5.32 Å². The van der Waals surface area contributed by atoms with Gasteiger partial charge in [-0.3, -0.25) is 4.79 Å². The monoisotopic (exact) mass is 275 g/mol. The summed E-state index contributed by atoms with van der Waals surface area (Å²) in [5, 5.41) is 12.0. The van der Waals surface area contributed by atoms with Crippen molar-refractivity contribution >= 4 is 5.91 Å². The number of ether oxygens (including phenoxy) is 1. The number of aliphatic hydroxyl groups is 1. The molecule has 0 bridgehead atoms. The molecule has 0 saturated carbocycles. The highest BCUT2D eigenvalue weighted by molar-refractivity contribution is 5.81. The predicted octanol–water partition coefficient (Wildman–Crippen LogP) is 1.82. The highest BCUT2D eigenvalue weighted by Crippen LogP contribution is 2.18. The van der Waals surface area contributed by atoms with Gasteiger partial charge in [-0.15, -0.1) is 0 Å². The molecule has 0 aromatic heterocycles. The Balaban J connectivity index is 1.83. The van der Waals surface area contributed by atoms with Crippen LogP contribution in [0.3, 0.4) is 0 Å². The molecule has 2 rings (SSSR count). The fraction of sp³-hybridized carbons (Fsp3) is 0.438. The number of nitrogens with one attached hydrogen (secondary N) is 1. The van der Waals surface area contributed by atoms with Gasteiger partial charge >= 0.3 is 0 Å². The Hall–Kier alpha value is -1.81. The number of hydrogen-bond acceptors (Lipinski definition) is 3. The Labute approximate surface area is 119 Å². The first-order valence-corrected chi connectivity index (χ1v) is 6.91. The van der Waals surface area contributed by atoms with Gasteiger partial charge in [-0.2, -0.15) is 0 Å². The molecule has 0 fully saturated rings. The summed E-state index contributed by atoms with van der Waals surface area (Å²) < 4.78 is 5.61. The van der Waals surface area contributed by atoms with Crippen molar-refractivity contribution in [2.45, 2.75) is 32.4 Å². The minimum atomic E-state index is -0.542. The number of hydrogen-bond donors (Lipinski definition) is 2. The molecule has 108 valence electrons. The molecule has 0 radical (unpaired) electrons. The van der Waals surface area contributed by atoms with Crippen LogP contribution in [0.25, 0.3) is 0 Å². The van der Waals surface area contributed by atoms with Gasteiger partial charge in [0.05, 0.1) is 0 Å². The number of carbonyl (C=O) groups excluding carboxylic acids is 1. The van der Waals surface area contributed by atoms with Crippen molar-refractivity contribution in [3.8, 4) is 5.75 Å². The third-order valence-corrected chi connectivity index (χ3v) is 3.44. The highest BCUT2D eigenvalue weighted by Gasteiger charge is 2.22. The van der Waals surface area contributed by atoms with Crippen LogP contribution in [0.5, 0.6) is 5.75 Å². The minimum absolute atomic E-state index is 0.0104. The number of rotatable bonds is 5. The van der Waals surface area contributed by atoms with Crippen molar-refractivity contribution in [1.29, 1.82) is 0 Å². The number of carbonyl (C=O) groups is 1. The van der Waals surface area contributed by atoms with E-state index in [4.69, 9.17) is 9.84 Å². The van der Waals surface area contributed by atoms with E-state index in [9.17, 15) is 4.79 Å². The summed E-state index contributed by atoms with van der Waals surface area (Å²) in [4.78, 5) is 12.0. The lowest BCUT2D eigenvalue weighted by Crippen LogP contribution is -2.41. The van der Waals surface area contributed by atoms with Gasteiger partial charge in [0.2, 0.25) is 0 Å². The Kier molecular flexibility index (Phi) is 4.79. The largest absolute Gasteiger partial charge is 0.481 e. The summed E-state index contributed by atoms with van der Waals surface area (Å²) in [6.07, 6.45) is 4.08. The van der Waals surface area contributed by atoms with Gasteiger partial charge in [-0.1, -0.05) is 29.8 Å². The van der Waals surface area contributed by atoms with E-state index >= 15 is 0 Å². The molecule has 1 aromatic carbocycles. The van der Waals surface area contributed by atoms with Crippen LogP contribution in [0, 0.1) is 12.8 Å². The molecule has 0 saturated heterocycles. The van der Waals surface area contributed by atoms with Gasteiger partial charge in [-0.25, -0.2) is 0 Å². The lowest BCUT2D eigenvalue weighted by molar-refractivity contribution is -0.127. The smallest absolute Gasteiger partial charge is 0.261 e. The van der Waals surface area contributed by atoms with E-state index in [0.29, 0.717) is 5.75 Å². The SMILES string of the molecule is Cc1ccc(OC(C)C(=O)N[C@@H]2C=C[C@H](CO)C2)cc1. The van der Waals surface area contributed by atoms with Crippen LogP contribution in [0.2, 0.25) is 0 Å². The maximum atomic E-state index is 12.0. The molecule has 1 unspecified atom stereocenters. The summed E-state index contributed by atoms with van der Waals surface area (Å²) in [7, 11) is 0. The van der Waals surface area contributed by atoms with Gasteiger partial charge in [0.25, 0.3) is 5.91 Å². The van der Waals surface area contributed by atoms with Crippen molar-refractivity contribution < 1.29 is 14.6 Å². The maximum Gasteiger partial charge on any atom is 0.261 e. The number of benzene rings is 1. The van der Waals surface area contributed by atoms with E-state index in [2.05, 4.69) is 5.32 Å². The standard InChI is InChI=1S/C16H21NO3/c1-11-3-7-15(8-4-11)20-12(2)16(19)17-14-6-5-13(9-14)10-18/h3-8,12-14,18H,9-10H2,1-2H3,(H,17,19)/t12?,13-,14+/m0/s1. The number of amides is 1. The van der Waals surface area contributed by atoms with E-state index < -0.39 is 6.10 Å². The Bertz CT molecular complexity index is 481. The maximum absolute atomic E-state index is 12.0. The number of aliphatic hydroxyl groups excluding tert-OH is 1. The van der Waals surface area contributed by atoms with Crippen molar-refractivity contribution in [2.24, 2.45) is 5.92 Å². The van der Waals surface area contributed by atoms with Crippen LogP contribution in [-0.4, -0.2) is 29.8 Å². The van der Waals surface area contributed by atoms with Gasteiger partial charge in [0.1, 0.15) is 5.75 Å². The summed E-state index contributed by atoms with van der Waals surface area (Å²) in [6.45, 7) is 3.86. The highest BCUT2D eigenvalue weighted by atomic mass is 16.5. The van der Waals surface area contributed by atoms with Crippen molar-refractivity contribution in [3.05, 3.63) is 42.0 Å². The van der Waals surface area contributed by atoms with E-state index in [-0.39, 0.29) is 24.5 Å². The molecule has 0 spiro atoms. The molecule has 1 aromatic rings. The molecule has 4 heteroatoms. The fourth-order valence-corrected chi connectivity index (χ4v) is 2.19. The quantitative estimate of drug-likeness (QED) is 0.806. The molecule has 3 atom stereocenters. The van der Waals surface area contributed by atoms with Crippen LogP contribution in [0.1, 0.15) is 18.9 Å². The van der Waals surface area contributed by atoms with Crippen LogP contribution in [0.15, 0.2) is 36.4 Å². The summed E-state index contributed by atoms with van der Waals surface area (Å²) in [6, 6.07) is 7.60. The van der Waals surface area contributed by atoms with Gasteiger partial charge in [0.15, 0.2) is 6.10 Å². The third-order valence-electron chi connectivity index (χ3n) is 3.44. The molecule has 1 amide bonds. The summed E-state index contributed by atoms with van der Waals surface area (Å²) in [5.41, 5.74) is 1.15. The second kappa shape index (κ2) is 6.57. The fourth-order valence-electron chi connectivity index (χ4n) is 2.19. The van der Waals surface area contributed by atoms with Crippen LogP contribution < -0.4 is 10.1 Å². The van der Waals surface area contributed by atoms with Crippen LogP contribution in [0.4, 0.5) is 0 Å². The van der Waals surface area contributed by atoms with E-state index in [1.807, 2.05) is 43.3 Å². The Morgan fingerprint density at radius 2 is 2.10 bits per heavy atom. The normalized spacial score (nSPS) is 22.6. The molecule has 1 aliphatic carbocycles. The molecule has 4 nitrogen and oxygen atoms in total. The molecule has 20 heavy (non-hydrogen) atoms. The average molecular weight is 275 g/mol. The minimum Gasteiger partial charge on any atom is -0.481 e. The lowest BCUT2D eigenvalue weighted by Gasteiger charge is -2.18. The van der Waals surface area contributed by atoms with Crippen LogP contribution >= 0.6 is 0 Å². The van der Waals surface area contributed by atoms with Crippen molar-refractivity contribution in [3.63, 3.8) is 0 Å². The number of aryl methyl sites for hydroxylation is 1. The van der Waals surface area contributed by atoms with E-state index in [0.717, 1.165) is 12.0 Å². The molecule has 0 aliphatic heterocycles. The zero-order chi connectivity index (χ0) is 14.5. The Morgan fingerprint density at radius 1 is 1.40 bits per heavy atom. The average Bonchev–Trinajstić information content (AvgIpc) is 2.89. The first-order chi connectivity index (χ1) is 9.58. The second-order valence-electron chi connectivity index (χ2n) is 5.25. The summed E-state index contributed by atoms with van der Waals surface area (Å²) >= 11 is 0. The molecule has 1 aliphatic rings. The zero-order valence-corrected chi connectivity index (χ0v) is 11.9. The topological polar surface area (TPSA) is 58.6 Å². The first kappa shape index (κ1) is 14.6. The summed E-state index contributed by atoms with van der Waals surface area (Å²) in [5.74, 6) is 0.695. The Morgan fingerprint density at radius 3 is 2.70 bits per heavy atom. The van der Waals surface area contributed by atoms with E-state index in [1.165, 1.54) is 0 Å². The third kappa shape index (κ3) is 3.84.